The monoisotopic (exact) mass is 260 g/mol. The van der Waals surface area contributed by atoms with E-state index in [1.165, 1.54) is 0 Å². The van der Waals surface area contributed by atoms with E-state index in [1.807, 2.05) is 29.7 Å². The van der Waals surface area contributed by atoms with Crippen LogP contribution in [0.15, 0.2) is 18.3 Å². The summed E-state index contributed by atoms with van der Waals surface area (Å²) in [7, 11) is 0. The van der Waals surface area contributed by atoms with Gasteiger partial charge in [0.25, 0.3) is 0 Å². The highest BCUT2D eigenvalue weighted by molar-refractivity contribution is 5.72. The fourth-order valence-electron chi connectivity index (χ4n) is 2.63. The molecule has 0 radical (unpaired) electrons. The van der Waals surface area contributed by atoms with Crippen LogP contribution in [-0.4, -0.2) is 38.8 Å². The smallest absolute Gasteiger partial charge is 0.306 e. The molecule has 6 nitrogen and oxygen atoms in total. The molecule has 1 saturated heterocycles. The first-order valence-corrected chi connectivity index (χ1v) is 6.45. The average Bonchev–Trinajstić information content (AvgIpc) is 2.89. The number of rotatable bonds is 2. The van der Waals surface area contributed by atoms with Crippen molar-refractivity contribution < 1.29 is 9.90 Å². The molecule has 6 heteroatoms. The number of piperidine rings is 1. The van der Waals surface area contributed by atoms with E-state index in [0.717, 1.165) is 30.2 Å². The van der Waals surface area contributed by atoms with Gasteiger partial charge in [0.1, 0.15) is 5.82 Å². The maximum atomic E-state index is 11.0. The average molecular weight is 260 g/mol. The van der Waals surface area contributed by atoms with Crippen molar-refractivity contribution in [3.8, 4) is 0 Å². The summed E-state index contributed by atoms with van der Waals surface area (Å²) in [6.07, 6.45) is 3.29. The minimum absolute atomic E-state index is 0.225. The minimum atomic E-state index is -0.692. The van der Waals surface area contributed by atoms with Crippen molar-refractivity contribution in [3.05, 3.63) is 24.2 Å². The molecule has 100 valence electrons. The summed E-state index contributed by atoms with van der Waals surface area (Å²) in [5.74, 6) is 0.781. The zero-order valence-corrected chi connectivity index (χ0v) is 10.8. The molecule has 1 aliphatic heterocycles. The molecule has 0 unspecified atom stereocenters. The predicted octanol–water partition coefficient (Wildman–Crippen LogP) is 1.34. The number of aryl methyl sites for hydroxylation is 1. The van der Waals surface area contributed by atoms with Crippen LogP contribution in [0.5, 0.6) is 0 Å². The second-order valence-corrected chi connectivity index (χ2v) is 4.93. The molecule has 1 N–H and O–H groups in total. The van der Waals surface area contributed by atoms with Crippen molar-refractivity contribution in [1.82, 2.24) is 14.6 Å². The first kappa shape index (κ1) is 12.0. The summed E-state index contributed by atoms with van der Waals surface area (Å²) in [5, 5.41) is 17.5. The van der Waals surface area contributed by atoms with Crippen molar-refractivity contribution >= 4 is 17.3 Å². The van der Waals surface area contributed by atoms with Crippen molar-refractivity contribution in [2.24, 2.45) is 5.92 Å². The molecular weight excluding hydrogens is 244 g/mol. The Balaban J connectivity index is 1.88. The van der Waals surface area contributed by atoms with Gasteiger partial charge in [0, 0.05) is 19.3 Å². The van der Waals surface area contributed by atoms with Crippen molar-refractivity contribution in [2.75, 3.05) is 18.0 Å². The molecule has 1 fully saturated rings. The van der Waals surface area contributed by atoms with E-state index in [9.17, 15) is 4.79 Å². The van der Waals surface area contributed by atoms with E-state index < -0.39 is 5.97 Å². The first-order valence-electron chi connectivity index (χ1n) is 6.45. The summed E-state index contributed by atoms with van der Waals surface area (Å²) in [4.78, 5) is 13.1. The Kier molecular flexibility index (Phi) is 2.85. The maximum Gasteiger partial charge on any atom is 0.306 e. The van der Waals surface area contributed by atoms with Crippen LogP contribution in [0.3, 0.4) is 0 Å². The molecule has 2 aromatic heterocycles. The SMILES string of the molecule is Cc1nnc(N2CCC(C(=O)O)CC2)c2cccn12. The molecule has 0 bridgehead atoms. The molecule has 0 aliphatic carbocycles. The Morgan fingerprint density at radius 3 is 2.79 bits per heavy atom. The van der Waals surface area contributed by atoms with E-state index in [2.05, 4.69) is 15.1 Å². The molecule has 0 spiro atoms. The number of carbonyl (C=O) groups is 1. The Hall–Kier alpha value is -2.11. The van der Waals surface area contributed by atoms with Gasteiger partial charge in [0.2, 0.25) is 0 Å². The van der Waals surface area contributed by atoms with Gasteiger partial charge in [0.15, 0.2) is 5.82 Å². The summed E-state index contributed by atoms with van der Waals surface area (Å²) in [5.41, 5.74) is 1.03. The predicted molar refractivity (Wildman–Crippen MR) is 70.3 cm³/mol. The Bertz CT molecular complexity index is 614. The number of hydrogen-bond acceptors (Lipinski definition) is 4. The van der Waals surface area contributed by atoms with Gasteiger partial charge in [-0.2, -0.15) is 0 Å². The van der Waals surface area contributed by atoms with Crippen LogP contribution in [0.4, 0.5) is 5.82 Å². The zero-order valence-electron chi connectivity index (χ0n) is 10.8. The third-order valence-corrected chi connectivity index (χ3v) is 3.76. The van der Waals surface area contributed by atoms with Crippen LogP contribution >= 0.6 is 0 Å². The summed E-state index contributed by atoms with van der Waals surface area (Å²) in [6.45, 7) is 3.35. The topological polar surface area (TPSA) is 70.7 Å². The fourth-order valence-corrected chi connectivity index (χ4v) is 2.63. The Morgan fingerprint density at radius 1 is 1.37 bits per heavy atom. The highest BCUT2D eigenvalue weighted by Crippen LogP contribution is 2.25. The van der Waals surface area contributed by atoms with E-state index in [4.69, 9.17) is 5.11 Å². The lowest BCUT2D eigenvalue weighted by molar-refractivity contribution is -0.142. The highest BCUT2D eigenvalue weighted by atomic mass is 16.4. The van der Waals surface area contributed by atoms with Crippen LogP contribution in [0.2, 0.25) is 0 Å². The van der Waals surface area contributed by atoms with Crippen molar-refractivity contribution in [1.29, 1.82) is 0 Å². The zero-order chi connectivity index (χ0) is 13.4. The quantitative estimate of drug-likeness (QED) is 0.882. The number of carboxylic acid groups (broad SMARTS) is 1. The lowest BCUT2D eigenvalue weighted by atomic mass is 9.97. The van der Waals surface area contributed by atoms with E-state index in [1.54, 1.807) is 0 Å². The minimum Gasteiger partial charge on any atom is -0.481 e. The standard InChI is InChI=1S/C13H16N4O2/c1-9-14-15-12(11-3-2-6-17(9)11)16-7-4-10(5-8-16)13(18)19/h2-3,6,10H,4-5,7-8H2,1H3,(H,18,19). The number of anilines is 1. The number of carboxylic acids is 1. The number of nitrogens with zero attached hydrogens (tertiary/aromatic N) is 4. The van der Waals surface area contributed by atoms with E-state index in [0.29, 0.717) is 12.8 Å². The van der Waals surface area contributed by atoms with Crippen molar-refractivity contribution in [3.63, 3.8) is 0 Å². The van der Waals surface area contributed by atoms with Crippen LogP contribution < -0.4 is 4.90 Å². The van der Waals surface area contributed by atoms with Crippen LogP contribution in [0, 0.1) is 12.8 Å². The molecule has 0 amide bonds. The normalized spacial score (nSPS) is 17.0. The van der Waals surface area contributed by atoms with Gasteiger partial charge in [-0.25, -0.2) is 0 Å². The van der Waals surface area contributed by atoms with Gasteiger partial charge in [-0.05, 0) is 31.9 Å². The van der Waals surface area contributed by atoms with Crippen LogP contribution in [-0.2, 0) is 4.79 Å². The third kappa shape index (κ3) is 2.03. The van der Waals surface area contributed by atoms with Gasteiger partial charge < -0.3 is 14.4 Å². The second kappa shape index (κ2) is 4.53. The van der Waals surface area contributed by atoms with Gasteiger partial charge in [-0.1, -0.05) is 0 Å². The third-order valence-electron chi connectivity index (χ3n) is 3.76. The van der Waals surface area contributed by atoms with E-state index in [-0.39, 0.29) is 5.92 Å². The van der Waals surface area contributed by atoms with Gasteiger partial charge in [-0.3, -0.25) is 4.79 Å². The van der Waals surface area contributed by atoms with Crippen LogP contribution in [0.1, 0.15) is 18.7 Å². The van der Waals surface area contributed by atoms with E-state index >= 15 is 0 Å². The molecule has 1 aliphatic rings. The Labute approximate surface area is 110 Å². The van der Waals surface area contributed by atoms with Gasteiger partial charge in [0.05, 0.1) is 11.4 Å². The molecule has 2 aromatic rings. The first-order chi connectivity index (χ1) is 9.16. The lowest BCUT2D eigenvalue weighted by Gasteiger charge is -2.31. The fraction of sp³-hybridized carbons (Fsp3) is 0.462. The maximum absolute atomic E-state index is 11.0. The number of aromatic nitrogens is 3. The molecular formula is C13H16N4O2. The van der Waals surface area contributed by atoms with Gasteiger partial charge in [-0.15, -0.1) is 10.2 Å². The molecule has 0 saturated carbocycles. The molecule has 3 rings (SSSR count). The molecule has 0 aromatic carbocycles. The number of aliphatic carboxylic acids is 1. The molecule has 0 atom stereocenters. The largest absolute Gasteiger partial charge is 0.481 e. The summed E-state index contributed by atoms with van der Waals surface area (Å²) >= 11 is 0. The van der Waals surface area contributed by atoms with Crippen LogP contribution in [0.25, 0.3) is 5.52 Å². The second-order valence-electron chi connectivity index (χ2n) is 4.93. The number of hydrogen-bond donors (Lipinski definition) is 1. The lowest BCUT2D eigenvalue weighted by Crippen LogP contribution is -2.37. The highest BCUT2D eigenvalue weighted by Gasteiger charge is 2.26. The van der Waals surface area contributed by atoms with Crippen molar-refractivity contribution in [2.45, 2.75) is 19.8 Å². The summed E-state index contributed by atoms with van der Waals surface area (Å²) < 4.78 is 2.01. The number of fused-ring (bicyclic) bond motifs is 1. The van der Waals surface area contributed by atoms with Gasteiger partial charge >= 0.3 is 5.97 Å². The Morgan fingerprint density at radius 2 is 2.11 bits per heavy atom. The molecule has 19 heavy (non-hydrogen) atoms. The summed E-state index contributed by atoms with van der Waals surface area (Å²) in [6, 6.07) is 3.99. The molecule has 3 heterocycles.